The number of para-hydroxylation sites is 1. The number of hydrogen-bond donors (Lipinski definition) is 0. The lowest BCUT2D eigenvalue weighted by Gasteiger charge is -2.37. The van der Waals surface area contributed by atoms with Crippen LogP contribution in [0.25, 0.3) is 11.4 Å². The summed E-state index contributed by atoms with van der Waals surface area (Å²) in [4.78, 5) is 17.8. The summed E-state index contributed by atoms with van der Waals surface area (Å²) >= 11 is 1.78. The Bertz CT molecular complexity index is 1160. The molecule has 1 amide bonds. The molecule has 0 fully saturated rings. The number of aromatic nitrogens is 4. The van der Waals surface area contributed by atoms with E-state index >= 15 is 0 Å². The number of thioether (sulfide) groups is 1. The molecule has 3 aromatic carbocycles. The molecule has 0 saturated carbocycles. The zero-order valence-corrected chi connectivity index (χ0v) is 16.9. The highest BCUT2D eigenvalue weighted by Crippen LogP contribution is 2.43. The fraction of sp³-hybridized carbons (Fsp3) is 0.130. The van der Waals surface area contributed by atoms with Gasteiger partial charge in [-0.3, -0.25) is 4.79 Å². The zero-order valence-electron chi connectivity index (χ0n) is 16.1. The van der Waals surface area contributed by atoms with Crippen LogP contribution in [0.1, 0.15) is 11.6 Å². The number of nitrogens with zero attached hydrogens (tertiary/aromatic N) is 5. The molecule has 5 rings (SSSR count). The third-order valence-electron chi connectivity index (χ3n) is 5.05. The number of amides is 1. The van der Waals surface area contributed by atoms with E-state index in [2.05, 4.69) is 33.6 Å². The first-order valence-corrected chi connectivity index (χ1v) is 10.7. The van der Waals surface area contributed by atoms with Gasteiger partial charge >= 0.3 is 0 Å². The van der Waals surface area contributed by atoms with Gasteiger partial charge in [-0.05, 0) is 22.9 Å². The molecule has 1 aliphatic rings. The van der Waals surface area contributed by atoms with Gasteiger partial charge in [-0.15, -0.1) is 22.0 Å². The fourth-order valence-corrected chi connectivity index (χ4v) is 4.80. The molecule has 0 N–H and O–H groups in total. The maximum Gasteiger partial charge on any atom is 0.251 e. The normalized spacial score (nSPS) is 15.6. The largest absolute Gasteiger partial charge is 0.301 e. The van der Waals surface area contributed by atoms with Crippen LogP contribution in [-0.4, -0.2) is 31.9 Å². The topological polar surface area (TPSA) is 63.9 Å². The lowest BCUT2D eigenvalue weighted by molar-refractivity contribution is -0.120. The Morgan fingerprint density at radius 2 is 1.63 bits per heavy atom. The van der Waals surface area contributed by atoms with E-state index < -0.39 is 0 Å². The first-order chi connectivity index (χ1) is 14.8. The van der Waals surface area contributed by atoms with Crippen LogP contribution in [-0.2, 0) is 11.3 Å². The van der Waals surface area contributed by atoms with Crippen molar-refractivity contribution in [2.24, 2.45) is 0 Å². The minimum atomic E-state index is -0.0615. The quantitative estimate of drug-likeness (QED) is 0.501. The molecule has 0 radical (unpaired) electrons. The van der Waals surface area contributed by atoms with Gasteiger partial charge in [0.15, 0.2) is 0 Å². The number of hydrogen-bond acceptors (Lipinski definition) is 5. The Balaban J connectivity index is 1.45. The molecule has 2 heterocycles. The molecular weight excluding hydrogens is 394 g/mol. The average Bonchev–Trinajstić information content (AvgIpc) is 3.28. The predicted molar refractivity (Wildman–Crippen MR) is 117 cm³/mol. The SMILES string of the molecule is O=C(Cn1nnc(-c2ccccc2)n1)N1c2ccccc2SC[C@H]1c1ccccc1. The van der Waals surface area contributed by atoms with Gasteiger partial charge in [-0.25, -0.2) is 0 Å². The number of benzene rings is 3. The predicted octanol–water partition coefficient (Wildman–Crippen LogP) is 4.22. The molecule has 1 aromatic heterocycles. The van der Waals surface area contributed by atoms with E-state index in [-0.39, 0.29) is 18.5 Å². The van der Waals surface area contributed by atoms with Crippen molar-refractivity contribution >= 4 is 23.4 Å². The number of tetrazole rings is 1. The van der Waals surface area contributed by atoms with Crippen LogP contribution in [0.2, 0.25) is 0 Å². The molecule has 0 unspecified atom stereocenters. The Morgan fingerprint density at radius 1 is 0.933 bits per heavy atom. The Kier molecular flexibility index (Phi) is 5.03. The van der Waals surface area contributed by atoms with Gasteiger partial charge in [0.2, 0.25) is 5.82 Å². The third-order valence-corrected chi connectivity index (χ3v) is 6.19. The van der Waals surface area contributed by atoms with Gasteiger partial charge in [0, 0.05) is 16.2 Å². The van der Waals surface area contributed by atoms with Crippen molar-refractivity contribution < 1.29 is 4.79 Å². The van der Waals surface area contributed by atoms with E-state index in [4.69, 9.17) is 0 Å². The average molecular weight is 414 g/mol. The van der Waals surface area contributed by atoms with Crippen LogP contribution in [0.3, 0.4) is 0 Å². The summed E-state index contributed by atoms with van der Waals surface area (Å²) < 4.78 is 0. The molecule has 7 heteroatoms. The van der Waals surface area contributed by atoms with Gasteiger partial charge < -0.3 is 4.90 Å². The van der Waals surface area contributed by atoms with Crippen molar-refractivity contribution in [2.75, 3.05) is 10.7 Å². The van der Waals surface area contributed by atoms with Gasteiger partial charge in [0.05, 0.1) is 11.7 Å². The number of fused-ring (bicyclic) bond motifs is 1. The second-order valence-electron chi connectivity index (χ2n) is 6.98. The Labute approximate surface area is 178 Å². The van der Waals surface area contributed by atoms with Gasteiger partial charge in [0.25, 0.3) is 5.91 Å². The van der Waals surface area contributed by atoms with Crippen LogP contribution in [0.4, 0.5) is 5.69 Å². The summed E-state index contributed by atoms with van der Waals surface area (Å²) in [5.74, 6) is 1.25. The summed E-state index contributed by atoms with van der Waals surface area (Å²) in [5.41, 5.74) is 2.92. The Hall–Kier alpha value is -3.45. The van der Waals surface area contributed by atoms with E-state index in [9.17, 15) is 4.79 Å². The van der Waals surface area contributed by atoms with Crippen molar-refractivity contribution in [1.82, 2.24) is 20.2 Å². The highest BCUT2D eigenvalue weighted by molar-refractivity contribution is 7.99. The van der Waals surface area contributed by atoms with Crippen molar-refractivity contribution in [3.63, 3.8) is 0 Å². The van der Waals surface area contributed by atoms with Crippen LogP contribution >= 0.6 is 11.8 Å². The second kappa shape index (κ2) is 8.12. The van der Waals surface area contributed by atoms with E-state index in [1.54, 1.807) is 11.8 Å². The molecule has 0 saturated heterocycles. The number of anilines is 1. The molecule has 1 atom stereocenters. The summed E-state index contributed by atoms with van der Waals surface area (Å²) in [6.07, 6.45) is 0. The molecule has 4 aromatic rings. The Morgan fingerprint density at radius 3 is 2.43 bits per heavy atom. The number of rotatable bonds is 4. The fourth-order valence-electron chi connectivity index (χ4n) is 3.63. The van der Waals surface area contributed by atoms with Crippen molar-refractivity contribution in [3.05, 3.63) is 90.5 Å². The van der Waals surface area contributed by atoms with Crippen molar-refractivity contribution in [3.8, 4) is 11.4 Å². The molecule has 0 spiro atoms. The molecule has 6 nitrogen and oxygen atoms in total. The van der Waals surface area contributed by atoms with Crippen LogP contribution in [0.5, 0.6) is 0 Å². The smallest absolute Gasteiger partial charge is 0.251 e. The lowest BCUT2D eigenvalue weighted by atomic mass is 10.1. The highest BCUT2D eigenvalue weighted by Gasteiger charge is 2.32. The van der Waals surface area contributed by atoms with Gasteiger partial charge in [-0.1, -0.05) is 72.8 Å². The molecule has 0 aliphatic carbocycles. The molecule has 148 valence electrons. The monoisotopic (exact) mass is 413 g/mol. The third kappa shape index (κ3) is 3.59. The summed E-state index contributed by atoms with van der Waals surface area (Å²) in [6.45, 7) is 0.0299. The van der Waals surface area contributed by atoms with Crippen LogP contribution in [0, 0.1) is 0 Å². The molecular formula is C23H19N5OS. The minimum Gasteiger partial charge on any atom is -0.301 e. The van der Waals surface area contributed by atoms with Crippen LogP contribution in [0.15, 0.2) is 89.8 Å². The second-order valence-corrected chi connectivity index (χ2v) is 8.04. The summed E-state index contributed by atoms with van der Waals surface area (Å²) in [6, 6.07) is 27.8. The van der Waals surface area contributed by atoms with Crippen molar-refractivity contribution in [2.45, 2.75) is 17.5 Å². The van der Waals surface area contributed by atoms with E-state index in [0.29, 0.717) is 5.82 Å². The first-order valence-electron chi connectivity index (χ1n) is 9.71. The highest BCUT2D eigenvalue weighted by atomic mass is 32.2. The molecule has 0 bridgehead atoms. The zero-order chi connectivity index (χ0) is 20.3. The van der Waals surface area contributed by atoms with Gasteiger partial charge in [0.1, 0.15) is 6.54 Å². The molecule has 1 aliphatic heterocycles. The van der Waals surface area contributed by atoms with Crippen molar-refractivity contribution in [1.29, 1.82) is 0 Å². The molecule has 30 heavy (non-hydrogen) atoms. The summed E-state index contributed by atoms with van der Waals surface area (Å²) in [5, 5.41) is 12.6. The lowest BCUT2D eigenvalue weighted by Crippen LogP contribution is -2.40. The minimum absolute atomic E-state index is 0.0299. The van der Waals surface area contributed by atoms with Gasteiger partial charge in [-0.2, -0.15) is 4.80 Å². The first kappa shape index (κ1) is 18.6. The maximum atomic E-state index is 13.4. The maximum absolute atomic E-state index is 13.4. The number of carbonyl (C=O) groups excluding carboxylic acids is 1. The standard InChI is InChI=1S/C23H19N5OS/c29-22(15-27-25-23(24-26-27)18-11-5-2-6-12-18)28-19-13-7-8-14-21(19)30-16-20(28)17-9-3-1-4-10-17/h1-14,20H,15-16H2/t20-/m0/s1. The van der Waals surface area contributed by atoms with E-state index in [0.717, 1.165) is 27.5 Å². The van der Waals surface area contributed by atoms with Crippen LogP contribution < -0.4 is 4.90 Å². The summed E-state index contributed by atoms with van der Waals surface area (Å²) in [7, 11) is 0. The number of carbonyl (C=O) groups is 1. The van der Waals surface area contributed by atoms with E-state index in [1.807, 2.05) is 71.6 Å². The van der Waals surface area contributed by atoms with E-state index in [1.165, 1.54) is 4.80 Å².